The molecule has 3 rings (SSSR count). The topological polar surface area (TPSA) is 71.3 Å². The molecule has 0 atom stereocenters. The minimum atomic E-state index is -0.241. The smallest absolute Gasteiger partial charge is 0.256 e. The van der Waals surface area contributed by atoms with Crippen molar-refractivity contribution in [3.8, 4) is 11.4 Å². The van der Waals surface area contributed by atoms with Crippen LogP contribution in [-0.2, 0) is 6.54 Å². The molecule has 0 saturated carbocycles. The summed E-state index contributed by atoms with van der Waals surface area (Å²) in [7, 11) is 3.70. The van der Waals surface area contributed by atoms with Crippen LogP contribution in [0.25, 0.3) is 11.4 Å². The molecule has 2 heterocycles. The van der Waals surface area contributed by atoms with E-state index in [1.807, 2.05) is 50.5 Å². The van der Waals surface area contributed by atoms with E-state index in [9.17, 15) is 4.79 Å². The highest BCUT2D eigenvalue weighted by atomic mass is 16.3. The number of furan rings is 1. The van der Waals surface area contributed by atoms with Crippen molar-refractivity contribution >= 4 is 11.7 Å². The van der Waals surface area contributed by atoms with Gasteiger partial charge in [0, 0.05) is 25.9 Å². The molecular formula is C18H18N4O2. The van der Waals surface area contributed by atoms with Crippen LogP contribution < -0.4 is 10.2 Å². The molecule has 0 radical (unpaired) electrons. The number of amides is 1. The molecule has 3 aromatic rings. The minimum Gasteiger partial charge on any atom is -0.467 e. The van der Waals surface area contributed by atoms with Gasteiger partial charge in [-0.1, -0.05) is 30.3 Å². The third-order valence-corrected chi connectivity index (χ3v) is 3.47. The van der Waals surface area contributed by atoms with Gasteiger partial charge in [-0.25, -0.2) is 9.97 Å². The Hall–Kier alpha value is -3.15. The Morgan fingerprint density at radius 2 is 1.96 bits per heavy atom. The fourth-order valence-corrected chi connectivity index (χ4v) is 2.28. The van der Waals surface area contributed by atoms with E-state index in [4.69, 9.17) is 4.42 Å². The summed E-state index contributed by atoms with van der Waals surface area (Å²) in [5.41, 5.74) is 1.33. The Labute approximate surface area is 140 Å². The molecule has 2 aromatic heterocycles. The first-order valence-corrected chi connectivity index (χ1v) is 7.55. The standard InChI is InChI=1S/C18H18N4O2/c1-22(2)17-15(18(23)20-11-14-9-6-10-24-14)12-19-16(21-17)13-7-4-3-5-8-13/h3-10,12H,11H2,1-2H3,(H,20,23). The summed E-state index contributed by atoms with van der Waals surface area (Å²) < 4.78 is 5.22. The number of rotatable bonds is 5. The maximum absolute atomic E-state index is 12.5. The molecular weight excluding hydrogens is 304 g/mol. The highest BCUT2D eigenvalue weighted by molar-refractivity contribution is 5.98. The fourth-order valence-electron chi connectivity index (χ4n) is 2.28. The van der Waals surface area contributed by atoms with Gasteiger partial charge in [-0.3, -0.25) is 4.79 Å². The molecule has 0 bridgehead atoms. The van der Waals surface area contributed by atoms with Gasteiger partial charge in [0.25, 0.3) is 5.91 Å². The van der Waals surface area contributed by atoms with Crippen molar-refractivity contribution < 1.29 is 9.21 Å². The summed E-state index contributed by atoms with van der Waals surface area (Å²) in [6, 6.07) is 13.3. The lowest BCUT2D eigenvalue weighted by Crippen LogP contribution is -2.26. The van der Waals surface area contributed by atoms with Crippen molar-refractivity contribution in [2.45, 2.75) is 6.54 Å². The molecule has 0 fully saturated rings. The van der Waals surface area contributed by atoms with Crippen molar-refractivity contribution in [3.05, 3.63) is 66.2 Å². The molecule has 24 heavy (non-hydrogen) atoms. The van der Waals surface area contributed by atoms with Gasteiger partial charge in [0.2, 0.25) is 0 Å². The molecule has 0 aliphatic rings. The Bertz CT molecular complexity index is 814. The number of hydrogen-bond acceptors (Lipinski definition) is 5. The van der Waals surface area contributed by atoms with E-state index < -0.39 is 0 Å². The Morgan fingerprint density at radius 3 is 2.62 bits per heavy atom. The van der Waals surface area contributed by atoms with E-state index in [1.54, 1.807) is 23.4 Å². The monoisotopic (exact) mass is 322 g/mol. The molecule has 0 spiro atoms. The second kappa shape index (κ2) is 6.95. The molecule has 1 N–H and O–H groups in total. The van der Waals surface area contributed by atoms with Crippen LogP contribution in [0.3, 0.4) is 0 Å². The van der Waals surface area contributed by atoms with Crippen LogP contribution in [0.5, 0.6) is 0 Å². The van der Waals surface area contributed by atoms with Crippen molar-refractivity contribution in [2.24, 2.45) is 0 Å². The average Bonchev–Trinajstić information content (AvgIpc) is 3.13. The average molecular weight is 322 g/mol. The lowest BCUT2D eigenvalue weighted by atomic mass is 10.2. The Kier molecular flexibility index (Phi) is 4.56. The highest BCUT2D eigenvalue weighted by Crippen LogP contribution is 2.21. The summed E-state index contributed by atoms with van der Waals surface area (Å²) in [5, 5.41) is 2.82. The molecule has 6 nitrogen and oxygen atoms in total. The van der Waals surface area contributed by atoms with Crippen LogP contribution in [0.4, 0.5) is 5.82 Å². The number of nitrogens with one attached hydrogen (secondary N) is 1. The molecule has 0 saturated heterocycles. The van der Waals surface area contributed by atoms with E-state index in [0.29, 0.717) is 29.5 Å². The van der Waals surface area contributed by atoms with Crippen molar-refractivity contribution in [2.75, 3.05) is 19.0 Å². The predicted molar refractivity (Wildman–Crippen MR) is 91.7 cm³/mol. The molecule has 122 valence electrons. The second-order valence-corrected chi connectivity index (χ2v) is 5.45. The summed E-state index contributed by atoms with van der Waals surface area (Å²) in [6.07, 6.45) is 3.13. The summed E-state index contributed by atoms with van der Waals surface area (Å²) >= 11 is 0. The van der Waals surface area contributed by atoms with Gasteiger partial charge in [0.15, 0.2) is 5.82 Å². The van der Waals surface area contributed by atoms with Crippen LogP contribution in [-0.4, -0.2) is 30.0 Å². The summed E-state index contributed by atoms with van der Waals surface area (Å²) in [6.45, 7) is 0.319. The molecule has 0 aliphatic heterocycles. The lowest BCUT2D eigenvalue weighted by molar-refractivity contribution is 0.0948. The van der Waals surface area contributed by atoms with Crippen LogP contribution >= 0.6 is 0 Å². The largest absolute Gasteiger partial charge is 0.467 e. The first-order chi connectivity index (χ1) is 11.6. The molecule has 1 aromatic carbocycles. The van der Waals surface area contributed by atoms with Gasteiger partial charge in [-0.2, -0.15) is 0 Å². The number of hydrogen-bond donors (Lipinski definition) is 1. The van der Waals surface area contributed by atoms with Crippen LogP contribution in [0.1, 0.15) is 16.1 Å². The molecule has 0 unspecified atom stereocenters. The van der Waals surface area contributed by atoms with Crippen molar-refractivity contribution in [3.63, 3.8) is 0 Å². The van der Waals surface area contributed by atoms with E-state index in [2.05, 4.69) is 15.3 Å². The first kappa shape index (κ1) is 15.7. The number of carbonyl (C=O) groups is 1. The van der Waals surface area contributed by atoms with Crippen LogP contribution in [0.2, 0.25) is 0 Å². The van der Waals surface area contributed by atoms with Crippen molar-refractivity contribution in [1.29, 1.82) is 0 Å². The number of nitrogens with zero attached hydrogens (tertiary/aromatic N) is 3. The van der Waals surface area contributed by atoms with Gasteiger partial charge < -0.3 is 14.6 Å². The third-order valence-electron chi connectivity index (χ3n) is 3.47. The van der Waals surface area contributed by atoms with Gasteiger partial charge in [-0.05, 0) is 12.1 Å². The molecule has 0 aliphatic carbocycles. The van der Waals surface area contributed by atoms with Crippen molar-refractivity contribution in [1.82, 2.24) is 15.3 Å². The fraction of sp³-hybridized carbons (Fsp3) is 0.167. The Morgan fingerprint density at radius 1 is 1.17 bits per heavy atom. The van der Waals surface area contributed by atoms with E-state index in [0.717, 1.165) is 5.56 Å². The zero-order valence-electron chi connectivity index (χ0n) is 13.6. The van der Waals surface area contributed by atoms with Crippen LogP contribution in [0, 0.1) is 0 Å². The van der Waals surface area contributed by atoms with E-state index in [-0.39, 0.29) is 5.91 Å². The number of carbonyl (C=O) groups excluding carboxylic acids is 1. The number of anilines is 1. The van der Waals surface area contributed by atoms with Gasteiger partial charge in [-0.15, -0.1) is 0 Å². The second-order valence-electron chi connectivity index (χ2n) is 5.45. The highest BCUT2D eigenvalue weighted by Gasteiger charge is 2.17. The maximum atomic E-state index is 12.5. The van der Waals surface area contributed by atoms with Gasteiger partial charge >= 0.3 is 0 Å². The SMILES string of the molecule is CN(C)c1nc(-c2ccccc2)ncc1C(=O)NCc1ccco1. The normalized spacial score (nSPS) is 10.4. The zero-order valence-corrected chi connectivity index (χ0v) is 13.6. The first-order valence-electron chi connectivity index (χ1n) is 7.55. The van der Waals surface area contributed by atoms with Crippen LogP contribution in [0.15, 0.2) is 59.3 Å². The zero-order chi connectivity index (χ0) is 16.9. The lowest BCUT2D eigenvalue weighted by Gasteiger charge is -2.16. The summed E-state index contributed by atoms with van der Waals surface area (Å²) in [5.74, 6) is 1.61. The maximum Gasteiger partial charge on any atom is 0.256 e. The molecule has 6 heteroatoms. The number of aromatic nitrogens is 2. The predicted octanol–water partition coefficient (Wildman–Crippen LogP) is 2.73. The third kappa shape index (κ3) is 3.43. The summed E-state index contributed by atoms with van der Waals surface area (Å²) in [4.78, 5) is 23.1. The Balaban J connectivity index is 1.86. The minimum absolute atomic E-state index is 0.241. The van der Waals surface area contributed by atoms with Gasteiger partial charge in [0.05, 0.1) is 12.8 Å². The quantitative estimate of drug-likeness (QED) is 0.782. The van der Waals surface area contributed by atoms with E-state index >= 15 is 0 Å². The van der Waals surface area contributed by atoms with Gasteiger partial charge in [0.1, 0.15) is 17.1 Å². The number of benzene rings is 1. The molecule has 1 amide bonds. The van der Waals surface area contributed by atoms with E-state index in [1.165, 1.54) is 0 Å².